The highest BCUT2D eigenvalue weighted by Gasteiger charge is 2.29. The number of rotatable bonds is 3. The average molecular weight is 383 g/mol. The van der Waals surface area contributed by atoms with E-state index < -0.39 is 12.1 Å². The Hall–Kier alpha value is -1.40. The van der Waals surface area contributed by atoms with Crippen LogP contribution in [-0.4, -0.2) is 34.3 Å². The quantitative estimate of drug-likeness (QED) is 0.782. The second-order valence-electron chi connectivity index (χ2n) is 6.19. The van der Waals surface area contributed by atoms with Gasteiger partial charge in [-0.05, 0) is 56.5 Å². The number of aliphatic hydroxyl groups excluding tert-OH is 1. The van der Waals surface area contributed by atoms with E-state index in [1.54, 1.807) is 6.92 Å². The Kier molecular flexibility index (Phi) is 5.47. The number of carbonyl (C=O) groups is 1. The number of pyridine rings is 1. The van der Waals surface area contributed by atoms with Crippen molar-refractivity contribution in [3.05, 3.63) is 32.6 Å². The molecular weight excluding hydrogens is 360 g/mol. The SMILES string of the molecule is CC(C)=C1CCN(c2c(Br)c(C)nc(C)c2C(O)C(=O)O)CC1. The van der Waals surface area contributed by atoms with Gasteiger partial charge in [0, 0.05) is 24.3 Å². The monoisotopic (exact) mass is 382 g/mol. The number of nitrogens with zero attached hydrogens (tertiary/aromatic N) is 2. The number of halogens is 1. The maximum absolute atomic E-state index is 11.3. The average Bonchev–Trinajstić information content (AvgIpc) is 2.50. The summed E-state index contributed by atoms with van der Waals surface area (Å²) in [6, 6.07) is 0. The first-order chi connectivity index (χ1) is 10.7. The summed E-state index contributed by atoms with van der Waals surface area (Å²) < 4.78 is 0.763. The number of anilines is 1. The summed E-state index contributed by atoms with van der Waals surface area (Å²) in [4.78, 5) is 17.8. The molecule has 1 aliphatic rings. The van der Waals surface area contributed by atoms with Crippen molar-refractivity contribution in [1.82, 2.24) is 4.98 Å². The van der Waals surface area contributed by atoms with Crippen LogP contribution in [0.5, 0.6) is 0 Å². The first kappa shape index (κ1) is 17.9. The maximum Gasteiger partial charge on any atom is 0.337 e. The van der Waals surface area contributed by atoms with Crippen molar-refractivity contribution < 1.29 is 15.0 Å². The molecule has 6 heteroatoms. The molecule has 2 rings (SSSR count). The summed E-state index contributed by atoms with van der Waals surface area (Å²) >= 11 is 3.54. The molecule has 0 spiro atoms. The van der Waals surface area contributed by atoms with Gasteiger partial charge in [0.05, 0.1) is 15.9 Å². The van der Waals surface area contributed by atoms with Crippen LogP contribution in [0.2, 0.25) is 0 Å². The molecule has 1 aromatic heterocycles. The lowest BCUT2D eigenvalue weighted by Crippen LogP contribution is -2.33. The van der Waals surface area contributed by atoms with Gasteiger partial charge in [-0.25, -0.2) is 4.79 Å². The van der Waals surface area contributed by atoms with Crippen LogP contribution in [0.3, 0.4) is 0 Å². The topological polar surface area (TPSA) is 73.7 Å². The predicted molar refractivity (Wildman–Crippen MR) is 93.8 cm³/mol. The highest BCUT2D eigenvalue weighted by atomic mass is 79.9. The fraction of sp³-hybridized carbons (Fsp3) is 0.529. The third kappa shape index (κ3) is 3.58. The molecule has 5 nitrogen and oxygen atoms in total. The Labute approximate surface area is 145 Å². The number of aromatic nitrogens is 1. The van der Waals surface area contributed by atoms with Gasteiger partial charge in [-0.2, -0.15) is 0 Å². The van der Waals surface area contributed by atoms with Crippen LogP contribution in [0.25, 0.3) is 0 Å². The smallest absolute Gasteiger partial charge is 0.337 e. The van der Waals surface area contributed by atoms with E-state index in [0.717, 1.165) is 41.8 Å². The maximum atomic E-state index is 11.3. The summed E-state index contributed by atoms with van der Waals surface area (Å²) in [6.07, 6.45) is 0.342. The van der Waals surface area contributed by atoms with Gasteiger partial charge in [0.2, 0.25) is 0 Å². The summed E-state index contributed by atoms with van der Waals surface area (Å²) in [5.41, 5.74) is 5.32. The van der Waals surface area contributed by atoms with E-state index >= 15 is 0 Å². The van der Waals surface area contributed by atoms with Gasteiger partial charge in [0.15, 0.2) is 6.10 Å². The molecule has 1 aliphatic heterocycles. The molecule has 0 aromatic carbocycles. The van der Waals surface area contributed by atoms with Gasteiger partial charge >= 0.3 is 5.97 Å². The molecule has 1 aromatic rings. The Morgan fingerprint density at radius 3 is 2.26 bits per heavy atom. The molecule has 23 heavy (non-hydrogen) atoms. The number of hydrogen-bond donors (Lipinski definition) is 2. The van der Waals surface area contributed by atoms with E-state index in [9.17, 15) is 15.0 Å². The van der Waals surface area contributed by atoms with Crippen molar-refractivity contribution in [2.75, 3.05) is 18.0 Å². The molecule has 1 atom stereocenters. The molecule has 0 aliphatic carbocycles. The summed E-state index contributed by atoms with van der Waals surface area (Å²) in [6.45, 7) is 9.49. The third-order valence-electron chi connectivity index (χ3n) is 4.40. The van der Waals surface area contributed by atoms with E-state index in [-0.39, 0.29) is 0 Å². The number of aliphatic hydroxyl groups is 1. The predicted octanol–water partition coefficient (Wildman–Crippen LogP) is 3.52. The molecule has 0 saturated carbocycles. The highest BCUT2D eigenvalue weighted by Crippen LogP contribution is 2.39. The lowest BCUT2D eigenvalue weighted by atomic mass is 9.97. The Bertz CT molecular complexity index is 656. The lowest BCUT2D eigenvalue weighted by molar-refractivity contribution is -0.147. The van der Waals surface area contributed by atoms with E-state index in [1.165, 1.54) is 11.1 Å². The molecule has 2 N–H and O–H groups in total. The number of piperidine rings is 1. The number of aliphatic carboxylic acids is 1. The minimum Gasteiger partial charge on any atom is -0.479 e. The van der Waals surface area contributed by atoms with Crippen LogP contribution >= 0.6 is 15.9 Å². The van der Waals surface area contributed by atoms with E-state index in [1.807, 2.05) is 6.92 Å². The fourth-order valence-corrected chi connectivity index (χ4v) is 3.64. The zero-order chi connectivity index (χ0) is 17.3. The van der Waals surface area contributed by atoms with Crippen LogP contribution in [0.4, 0.5) is 5.69 Å². The van der Waals surface area contributed by atoms with Gasteiger partial charge in [-0.1, -0.05) is 11.1 Å². The van der Waals surface area contributed by atoms with Crippen molar-refractivity contribution in [3.8, 4) is 0 Å². The molecule has 2 heterocycles. The van der Waals surface area contributed by atoms with Crippen molar-refractivity contribution in [1.29, 1.82) is 0 Å². The van der Waals surface area contributed by atoms with Crippen molar-refractivity contribution in [2.45, 2.75) is 46.6 Å². The van der Waals surface area contributed by atoms with Crippen molar-refractivity contribution >= 4 is 27.6 Å². The summed E-state index contributed by atoms with van der Waals surface area (Å²) in [7, 11) is 0. The van der Waals surface area contributed by atoms with Crippen LogP contribution in [0.1, 0.15) is 49.7 Å². The van der Waals surface area contributed by atoms with Crippen molar-refractivity contribution in [2.24, 2.45) is 0 Å². The molecule has 0 amide bonds. The number of carboxylic acids is 1. The number of carboxylic acid groups (broad SMARTS) is 1. The molecule has 1 fully saturated rings. The molecule has 0 radical (unpaired) electrons. The molecule has 0 bridgehead atoms. The molecule has 126 valence electrons. The molecule has 1 saturated heterocycles. The normalized spacial score (nSPS) is 16.4. The van der Waals surface area contributed by atoms with Gasteiger partial charge in [0.1, 0.15) is 0 Å². The van der Waals surface area contributed by atoms with Gasteiger partial charge in [0.25, 0.3) is 0 Å². The first-order valence-corrected chi connectivity index (χ1v) is 8.51. The summed E-state index contributed by atoms with van der Waals surface area (Å²) in [5.74, 6) is -1.26. The zero-order valence-electron chi connectivity index (χ0n) is 14.0. The van der Waals surface area contributed by atoms with E-state index in [4.69, 9.17) is 0 Å². The second kappa shape index (κ2) is 7.01. The van der Waals surface area contributed by atoms with Gasteiger partial charge in [-0.3, -0.25) is 4.98 Å². The second-order valence-corrected chi connectivity index (χ2v) is 6.98. The molecular formula is C17H23BrN2O3. The Morgan fingerprint density at radius 1 is 1.22 bits per heavy atom. The van der Waals surface area contributed by atoms with Crippen molar-refractivity contribution in [3.63, 3.8) is 0 Å². The van der Waals surface area contributed by atoms with Crippen LogP contribution < -0.4 is 4.90 Å². The van der Waals surface area contributed by atoms with Gasteiger partial charge in [-0.15, -0.1) is 0 Å². The fourth-order valence-electron chi connectivity index (χ4n) is 3.08. The minimum atomic E-state index is -1.57. The Morgan fingerprint density at radius 2 is 1.78 bits per heavy atom. The Balaban J connectivity index is 2.49. The first-order valence-electron chi connectivity index (χ1n) is 7.71. The highest BCUT2D eigenvalue weighted by molar-refractivity contribution is 9.10. The van der Waals surface area contributed by atoms with Gasteiger partial charge < -0.3 is 15.1 Å². The van der Waals surface area contributed by atoms with E-state index in [0.29, 0.717) is 11.3 Å². The van der Waals surface area contributed by atoms with E-state index in [2.05, 4.69) is 39.7 Å². The van der Waals surface area contributed by atoms with Crippen LogP contribution in [0.15, 0.2) is 15.6 Å². The number of aryl methyl sites for hydroxylation is 2. The third-order valence-corrected chi connectivity index (χ3v) is 5.35. The van der Waals surface area contributed by atoms with Crippen LogP contribution in [0, 0.1) is 13.8 Å². The zero-order valence-corrected chi connectivity index (χ0v) is 15.6. The number of allylic oxidation sites excluding steroid dienone is 1. The molecule has 1 unspecified atom stereocenters. The van der Waals surface area contributed by atoms with Crippen LogP contribution in [-0.2, 0) is 4.79 Å². The minimum absolute atomic E-state index is 0.385. The largest absolute Gasteiger partial charge is 0.479 e. The number of hydrogen-bond acceptors (Lipinski definition) is 4. The lowest BCUT2D eigenvalue weighted by Gasteiger charge is -2.34. The summed E-state index contributed by atoms with van der Waals surface area (Å²) in [5, 5.41) is 19.4. The standard InChI is InChI=1S/C17H23BrN2O3/c1-9(2)12-5-7-20(8-6-12)15-13(16(21)17(22)23)10(3)19-11(4)14(15)18/h16,21H,5-8H2,1-4H3,(H,22,23).